The van der Waals surface area contributed by atoms with Crippen LogP contribution in [0, 0.1) is 0 Å². The molecule has 1 atom stereocenters. The molecule has 0 aliphatic heterocycles. The van der Waals surface area contributed by atoms with E-state index in [0.717, 1.165) is 44.5 Å². The standard InChI is InChI=1S/C25H33N3O5/c1-3-28(4-2)19-13-12-18-16-21(24(30)33-22(18)17-19)23(29)26-14-15-27-25(31)32-20-10-8-6-5-7-9-11-20/h8,10,12-13,16-17,20H,3-7,9,11,14-15H2,1-2H3,(H,26,29)(H,27,31)/t20-/m0/s1. The van der Waals surface area contributed by atoms with Gasteiger partial charge in [-0.15, -0.1) is 0 Å². The molecule has 2 amide bonds. The molecular formula is C25H33N3O5. The molecule has 0 fully saturated rings. The number of nitrogens with one attached hydrogen (secondary N) is 2. The first-order valence-electron chi connectivity index (χ1n) is 11.7. The zero-order valence-corrected chi connectivity index (χ0v) is 19.4. The Labute approximate surface area is 194 Å². The van der Waals surface area contributed by atoms with E-state index in [0.29, 0.717) is 11.0 Å². The third-order valence-corrected chi connectivity index (χ3v) is 5.74. The highest BCUT2D eigenvalue weighted by molar-refractivity contribution is 5.97. The van der Waals surface area contributed by atoms with E-state index in [4.69, 9.17) is 9.15 Å². The number of hydrogen-bond acceptors (Lipinski definition) is 6. The van der Waals surface area contributed by atoms with Gasteiger partial charge in [-0.05, 0) is 63.8 Å². The Morgan fingerprint density at radius 3 is 2.67 bits per heavy atom. The largest absolute Gasteiger partial charge is 0.442 e. The smallest absolute Gasteiger partial charge is 0.407 e. The van der Waals surface area contributed by atoms with E-state index in [-0.39, 0.29) is 24.8 Å². The SMILES string of the molecule is CCN(CC)c1ccc2cc(C(=O)NCCNC(=O)O[C@H]3C=CCCCCC3)c(=O)oc2c1. The number of rotatable bonds is 8. The average molecular weight is 456 g/mol. The maximum atomic E-state index is 12.5. The molecule has 0 saturated heterocycles. The first kappa shape index (κ1) is 24.4. The second-order valence-corrected chi connectivity index (χ2v) is 8.03. The molecule has 2 aromatic rings. The summed E-state index contributed by atoms with van der Waals surface area (Å²) in [7, 11) is 0. The highest BCUT2D eigenvalue weighted by Gasteiger charge is 2.15. The number of fused-ring (bicyclic) bond motifs is 1. The van der Waals surface area contributed by atoms with Gasteiger partial charge in [0.25, 0.3) is 5.91 Å². The lowest BCUT2D eigenvalue weighted by Gasteiger charge is -2.21. The van der Waals surface area contributed by atoms with E-state index in [1.165, 1.54) is 12.5 Å². The predicted octanol–water partition coefficient (Wildman–Crippen LogP) is 3.98. The van der Waals surface area contributed by atoms with Crippen molar-refractivity contribution in [2.45, 2.75) is 52.1 Å². The third-order valence-electron chi connectivity index (χ3n) is 5.74. The summed E-state index contributed by atoms with van der Waals surface area (Å²) in [5, 5.41) is 5.94. The van der Waals surface area contributed by atoms with Crippen molar-refractivity contribution in [3.05, 3.63) is 52.4 Å². The number of amides is 2. The minimum absolute atomic E-state index is 0.0691. The molecular weight excluding hydrogens is 422 g/mol. The highest BCUT2D eigenvalue weighted by Crippen LogP contribution is 2.22. The fourth-order valence-electron chi connectivity index (χ4n) is 3.89. The minimum Gasteiger partial charge on any atom is -0.442 e. The van der Waals surface area contributed by atoms with Gasteiger partial charge >= 0.3 is 11.7 Å². The van der Waals surface area contributed by atoms with Crippen LogP contribution >= 0.6 is 0 Å². The van der Waals surface area contributed by atoms with Crippen LogP contribution in [0.25, 0.3) is 11.0 Å². The molecule has 1 aromatic carbocycles. The Hall–Kier alpha value is -3.29. The van der Waals surface area contributed by atoms with Gasteiger partial charge in [-0.1, -0.05) is 12.5 Å². The molecule has 2 N–H and O–H groups in total. The van der Waals surface area contributed by atoms with Crippen molar-refractivity contribution < 1.29 is 18.7 Å². The molecule has 1 aliphatic rings. The van der Waals surface area contributed by atoms with Crippen LogP contribution in [0.4, 0.5) is 10.5 Å². The zero-order chi connectivity index (χ0) is 23.6. The molecule has 8 nitrogen and oxygen atoms in total. The molecule has 0 unspecified atom stereocenters. The molecule has 0 saturated carbocycles. The molecule has 0 radical (unpaired) electrons. The summed E-state index contributed by atoms with van der Waals surface area (Å²) in [5.41, 5.74) is 0.634. The van der Waals surface area contributed by atoms with Gasteiger partial charge in [-0.25, -0.2) is 9.59 Å². The monoisotopic (exact) mass is 455 g/mol. The lowest BCUT2D eigenvalue weighted by Crippen LogP contribution is -2.37. The fourth-order valence-corrected chi connectivity index (χ4v) is 3.89. The number of allylic oxidation sites excluding steroid dienone is 1. The van der Waals surface area contributed by atoms with Crippen molar-refractivity contribution in [3.8, 4) is 0 Å². The number of anilines is 1. The van der Waals surface area contributed by atoms with E-state index >= 15 is 0 Å². The molecule has 1 heterocycles. The molecule has 8 heteroatoms. The summed E-state index contributed by atoms with van der Waals surface area (Å²) >= 11 is 0. The Kier molecular flexibility index (Phi) is 8.92. The lowest BCUT2D eigenvalue weighted by atomic mass is 10.0. The Bertz CT molecular complexity index is 1040. The van der Waals surface area contributed by atoms with E-state index < -0.39 is 17.6 Å². The topological polar surface area (TPSA) is 101 Å². The van der Waals surface area contributed by atoms with Gasteiger partial charge < -0.3 is 24.7 Å². The fraction of sp³-hybridized carbons (Fsp3) is 0.480. The molecule has 33 heavy (non-hydrogen) atoms. The number of ether oxygens (including phenoxy) is 1. The average Bonchev–Trinajstić information content (AvgIpc) is 2.78. The van der Waals surface area contributed by atoms with Crippen LogP contribution in [-0.2, 0) is 4.74 Å². The number of nitrogens with zero attached hydrogens (tertiary/aromatic N) is 1. The van der Waals surface area contributed by atoms with Crippen molar-refractivity contribution in [3.63, 3.8) is 0 Å². The van der Waals surface area contributed by atoms with E-state index in [2.05, 4.69) is 35.5 Å². The second kappa shape index (κ2) is 12.1. The number of carbonyl (C=O) groups excluding carboxylic acids is 2. The van der Waals surface area contributed by atoms with Gasteiger partial charge in [0.15, 0.2) is 0 Å². The summed E-state index contributed by atoms with van der Waals surface area (Å²) < 4.78 is 10.8. The number of benzene rings is 1. The van der Waals surface area contributed by atoms with Crippen molar-refractivity contribution in [2.75, 3.05) is 31.1 Å². The number of hydrogen-bond donors (Lipinski definition) is 2. The molecule has 1 aliphatic carbocycles. The van der Waals surface area contributed by atoms with E-state index in [9.17, 15) is 14.4 Å². The summed E-state index contributed by atoms with van der Waals surface area (Å²) in [6.07, 6.45) is 8.41. The van der Waals surface area contributed by atoms with Gasteiger partial charge in [0.05, 0.1) is 0 Å². The van der Waals surface area contributed by atoms with Crippen LogP contribution < -0.4 is 21.2 Å². The maximum Gasteiger partial charge on any atom is 0.407 e. The van der Waals surface area contributed by atoms with Crippen molar-refractivity contribution >= 4 is 28.7 Å². The maximum absolute atomic E-state index is 12.5. The second-order valence-electron chi connectivity index (χ2n) is 8.03. The zero-order valence-electron chi connectivity index (χ0n) is 19.4. The molecule has 1 aromatic heterocycles. The summed E-state index contributed by atoms with van der Waals surface area (Å²) in [4.78, 5) is 39.0. The Balaban J connectivity index is 1.52. The molecule has 3 rings (SSSR count). The van der Waals surface area contributed by atoms with Gasteiger partial charge in [-0.2, -0.15) is 0 Å². The lowest BCUT2D eigenvalue weighted by molar-refractivity contribution is 0.0944. The van der Waals surface area contributed by atoms with Gasteiger partial charge in [-0.3, -0.25) is 4.79 Å². The van der Waals surface area contributed by atoms with Crippen LogP contribution in [0.2, 0.25) is 0 Å². The normalized spacial score (nSPS) is 16.0. The predicted molar refractivity (Wildman–Crippen MR) is 129 cm³/mol. The summed E-state index contributed by atoms with van der Waals surface area (Å²) in [6, 6.07) is 7.12. The third kappa shape index (κ3) is 6.84. The van der Waals surface area contributed by atoms with Gasteiger partial charge in [0.2, 0.25) is 0 Å². The van der Waals surface area contributed by atoms with Gasteiger partial charge in [0.1, 0.15) is 17.3 Å². The molecule has 0 spiro atoms. The molecule has 0 bridgehead atoms. The number of alkyl carbamates (subject to hydrolysis) is 1. The van der Waals surface area contributed by atoms with E-state index in [1.807, 2.05) is 24.3 Å². The summed E-state index contributed by atoms with van der Waals surface area (Å²) in [5.74, 6) is -0.545. The summed E-state index contributed by atoms with van der Waals surface area (Å²) in [6.45, 7) is 6.14. The van der Waals surface area contributed by atoms with Crippen molar-refractivity contribution in [2.24, 2.45) is 0 Å². The first-order valence-corrected chi connectivity index (χ1v) is 11.7. The van der Waals surface area contributed by atoms with Crippen molar-refractivity contribution in [1.82, 2.24) is 10.6 Å². The highest BCUT2D eigenvalue weighted by atomic mass is 16.6. The number of carbonyl (C=O) groups is 2. The van der Waals surface area contributed by atoms with Crippen LogP contribution in [0.15, 0.2) is 45.6 Å². The quantitative estimate of drug-likeness (QED) is 0.355. The minimum atomic E-state index is -0.694. The van der Waals surface area contributed by atoms with Crippen LogP contribution in [0.1, 0.15) is 56.3 Å². The Morgan fingerprint density at radius 1 is 1.09 bits per heavy atom. The van der Waals surface area contributed by atoms with Crippen LogP contribution in [0.3, 0.4) is 0 Å². The van der Waals surface area contributed by atoms with E-state index in [1.54, 1.807) is 0 Å². The first-order chi connectivity index (χ1) is 16.0. The van der Waals surface area contributed by atoms with Gasteiger partial charge in [0, 0.05) is 43.3 Å². The molecule has 178 valence electrons. The van der Waals surface area contributed by atoms with Crippen LogP contribution in [-0.4, -0.2) is 44.3 Å². The van der Waals surface area contributed by atoms with Crippen molar-refractivity contribution in [1.29, 1.82) is 0 Å². The van der Waals surface area contributed by atoms with Crippen LogP contribution in [0.5, 0.6) is 0 Å². The Morgan fingerprint density at radius 2 is 1.88 bits per heavy atom.